The largest absolute Gasteiger partial charge is 0.399 e. The lowest BCUT2D eigenvalue weighted by atomic mass is 10.1. The summed E-state index contributed by atoms with van der Waals surface area (Å²) in [4.78, 5) is 48.6. The van der Waals surface area contributed by atoms with Gasteiger partial charge in [0, 0.05) is 29.4 Å². The third-order valence-electron chi connectivity index (χ3n) is 5.17. The van der Waals surface area contributed by atoms with Crippen LogP contribution in [0.2, 0.25) is 5.02 Å². The molecular formula is C24H21ClN6O3. The number of hydrogen-bond acceptors (Lipinski definition) is 6. The molecule has 4 aromatic rings. The average molecular weight is 477 g/mol. The molecule has 34 heavy (non-hydrogen) atoms. The summed E-state index contributed by atoms with van der Waals surface area (Å²) >= 11 is 6.22. The minimum atomic E-state index is -0.678. The molecule has 10 heteroatoms. The highest BCUT2D eigenvalue weighted by Crippen LogP contribution is 2.24. The number of carbonyl (C=O) groups is 2. The zero-order valence-electron chi connectivity index (χ0n) is 18.2. The van der Waals surface area contributed by atoms with Crippen molar-refractivity contribution in [3.05, 3.63) is 92.6 Å². The number of benzene rings is 2. The molecule has 2 heterocycles. The molecule has 5 N–H and O–H groups in total. The highest BCUT2D eigenvalue weighted by molar-refractivity contribution is 6.34. The molecule has 2 amide bonds. The lowest BCUT2D eigenvalue weighted by molar-refractivity contribution is 0.0952. The number of amides is 2. The molecule has 0 fully saturated rings. The Morgan fingerprint density at radius 3 is 2.71 bits per heavy atom. The Balaban J connectivity index is 1.48. The number of aromatic nitrogens is 3. The molecule has 0 aliphatic rings. The van der Waals surface area contributed by atoms with Crippen molar-refractivity contribution in [2.24, 2.45) is 0 Å². The summed E-state index contributed by atoms with van der Waals surface area (Å²) < 4.78 is 0. The van der Waals surface area contributed by atoms with Gasteiger partial charge in [-0.1, -0.05) is 29.8 Å². The van der Waals surface area contributed by atoms with E-state index in [9.17, 15) is 14.4 Å². The number of aryl methyl sites for hydroxylation is 1. The molecule has 0 radical (unpaired) electrons. The molecule has 0 aliphatic heterocycles. The van der Waals surface area contributed by atoms with Crippen LogP contribution in [0, 0.1) is 6.92 Å². The minimum Gasteiger partial charge on any atom is -0.399 e. The number of rotatable bonds is 6. The maximum atomic E-state index is 12.8. The predicted octanol–water partition coefficient (Wildman–Crippen LogP) is 3.09. The average Bonchev–Trinajstić information content (AvgIpc) is 2.81. The minimum absolute atomic E-state index is 0.133. The molecule has 0 aliphatic carbocycles. The number of anilines is 2. The molecule has 0 saturated carbocycles. The Bertz CT molecular complexity index is 1470. The summed E-state index contributed by atoms with van der Waals surface area (Å²) in [5.74, 6) is -0.519. The van der Waals surface area contributed by atoms with Crippen LogP contribution in [-0.2, 0) is 6.42 Å². The number of halogens is 1. The van der Waals surface area contributed by atoms with Crippen LogP contribution in [-0.4, -0.2) is 33.3 Å². The number of nitrogens with one attached hydrogen (secondary N) is 3. The van der Waals surface area contributed by atoms with E-state index in [2.05, 4.69) is 25.6 Å². The van der Waals surface area contributed by atoms with Crippen molar-refractivity contribution in [3.8, 4) is 0 Å². The molecule has 0 bridgehead atoms. The molecule has 4 rings (SSSR count). The van der Waals surface area contributed by atoms with Gasteiger partial charge < -0.3 is 21.4 Å². The van der Waals surface area contributed by atoms with Crippen LogP contribution < -0.4 is 21.9 Å². The van der Waals surface area contributed by atoms with Crippen LogP contribution in [0.4, 0.5) is 11.4 Å². The summed E-state index contributed by atoms with van der Waals surface area (Å²) in [6, 6.07) is 13.4. The molecule has 172 valence electrons. The van der Waals surface area contributed by atoms with E-state index in [-0.39, 0.29) is 22.2 Å². The quantitative estimate of drug-likeness (QED) is 0.315. The fraction of sp³-hybridized carbons (Fsp3) is 0.125. The van der Waals surface area contributed by atoms with Crippen molar-refractivity contribution in [2.75, 3.05) is 17.6 Å². The summed E-state index contributed by atoms with van der Waals surface area (Å²) in [6.45, 7) is 2.08. The molecule has 9 nitrogen and oxygen atoms in total. The fourth-order valence-corrected chi connectivity index (χ4v) is 3.54. The number of nitrogens with two attached hydrogens (primary N) is 1. The monoisotopic (exact) mass is 476 g/mol. The van der Waals surface area contributed by atoms with Gasteiger partial charge in [0.15, 0.2) is 0 Å². The van der Waals surface area contributed by atoms with E-state index in [1.165, 1.54) is 24.4 Å². The number of fused-ring (bicyclic) bond motifs is 1. The number of carbonyl (C=O) groups excluding carboxylic acids is 2. The van der Waals surface area contributed by atoms with Crippen molar-refractivity contribution in [2.45, 2.75) is 13.3 Å². The van der Waals surface area contributed by atoms with E-state index >= 15 is 0 Å². The Hall–Kier alpha value is -4.24. The molecule has 0 atom stereocenters. The number of aromatic amines is 1. The fourth-order valence-electron chi connectivity index (χ4n) is 3.38. The Kier molecular flexibility index (Phi) is 6.55. The van der Waals surface area contributed by atoms with Gasteiger partial charge in [-0.2, -0.15) is 0 Å². The molecule has 0 saturated heterocycles. The van der Waals surface area contributed by atoms with Gasteiger partial charge in [-0.3, -0.25) is 14.4 Å². The van der Waals surface area contributed by atoms with E-state index in [4.69, 9.17) is 17.3 Å². The zero-order valence-corrected chi connectivity index (χ0v) is 18.9. The third-order valence-corrected chi connectivity index (χ3v) is 5.50. The van der Waals surface area contributed by atoms with Crippen LogP contribution in [0.3, 0.4) is 0 Å². The summed E-state index contributed by atoms with van der Waals surface area (Å²) in [6.07, 6.45) is 2.09. The van der Waals surface area contributed by atoms with Crippen molar-refractivity contribution in [3.63, 3.8) is 0 Å². The van der Waals surface area contributed by atoms with Crippen LogP contribution in [0.15, 0.2) is 59.5 Å². The molecule has 2 aromatic carbocycles. The second-order valence-corrected chi connectivity index (χ2v) is 7.99. The van der Waals surface area contributed by atoms with Crippen LogP contribution in [0.1, 0.15) is 32.1 Å². The van der Waals surface area contributed by atoms with Gasteiger partial charge in [-0.05, 0) is 49.2 Å². The Labute approximate surface area is 199 Å². The first-order valence-corrected chi connectivity index (χ1v) is 10.8. The van der Waals surface area contributed by atoms with Gasteiger partial charge in [0.2, 0.25) is 0 Å². The van der Waals surface area contributed by atoms with E-state index in [1.807, 2.05) is 18.2 Å². The van der Waals surface area contributed by atoms with Crippen LogP contribution in [0.25, 0.3) is 11.0 Å². The maximum absolute atomic E-state index is 12.8. The topological polar surface area (TPSA) is 143 Å². The summed E-state index contributed by atoms with van der Waals surface area (Å²) in [7, 11) is 0. The van der Waals surface area contributed by atoms with Crippen molar-refractivity contribution < 1.29 is 9.59 Å². The van der Waals surface area contributed by atoms with E-state index in [1.54, 1.807) is 19.1 Å². The van der Waals surface area contributed by atoms with Gasteiger partial charge in [0.1, 0.15) is 17.0 Å². The number of para-hydroxylation sites is 1. The number of pyridine rings is 1. The van der Waals surface area contributed by atoms with E-state index in [0.29, 0.717) is 41.1 Å². The third kappa shape index (κ3) is 5.05. The normalized spacial score (nSPS) is 10.8. The van der Waals surface area contributed by atoms with Crippen molar-refractivity contribution >= 4 is 45.8 Å². The highest BCUT2D eigenvalue weighted by Gasteiger charge is 2.16. The smallest absolute Gasteiger partial charge is 0.262 e. The zero-order chi connectivity index (χ0) is 24.2. The van der Waals surface area contributed by atoms with Crippen LogP contribution >= 0.6 is 11.6 Å². The van der Waals surface area contributed by atoms with Gasteiger partial charge >= 0.3 is 0 Å². The lowest BCUT2D eigenvalue weighted by Crippen LogP contribution is -2.26. The Morgan fingerprint density at radius 2 is 1.91 bits per heavy atom. The lowest BCUT2D eigenvalue weighted by Gasteiger charge is -2.11. The molecule has 0 spiro atoms. The first kappa shape index (κ1) is 22.9. The van der Waals surface area contributed by atoms with Crippen molar-refractivity contribution in [1.29, 1.82) is 0 Å². The second kappa shape index (κ2) is 9.72. The summed E-state index contributed by atoms with van der Waals surface area (Å²) in [5, 5.41) is 6.15. The predicted molar refractivity (Wildman–Crippen MR) is 131 cm³/mol. The van der Waals surface area contributed by atoms with Crippen molar-refractivity contribution in [1.82, 2.24) is 20.3 Å². The van der Waals surface area contributed by atoms with E-state index < -0.39 is 11.5 Å². The van der Waals surface area contributed by atoms with Gasteiger partial charge in [0.05, 0.1) is 10.7 Å². The molecule has 0 unspecified atom stereocenters. The SMILES string of the molecule is Cc1ncc2cc(C(=O)Nc3cc(C(=O)NCCc4ccccc4N)ccc3Cl)c(=O)[nH]c2n1. The first-order valence-electron chi connectivity index (χ1n) is 10.4. The number of nitrogen functional groups attached to an aromatic ring is 1. The van der Waals surface area contributed by atoms with Crippen LogP contribution in [0.5, 0.6) is 0 Å². The van der Waals surface area contributed by atoms with Gasteiger partial charge in [-0.15, -0.1) is 0 Å². The Morgan fingerprint density at radius 1 is 1.12 bits per heavy atom. The van der Waals surface area contributed by atoms with Gasteiger partial charge in [-0.25, -0.2) is 9.97 Å². The molecule has 2 aromatic heterocycles. The summed E-state index contributed by atoms with van der Waals surface area (Å²) in [5.41, 5.74) is 7.63. The van der Waals surface area contributed by atoms with E-state index in [0.717, 1.165) is 5.56 Å². The number of H-pyrrole nitrogens is 1. The molecular weight excluding hydrogens is 456 g/mol. The number of hydrogen-bond donors (Lipinski definition) is 4. The first-order chi connectivity index (χ1) is 16.3. The standard InChI is InChI=1S/C24H21ClN6O3/c1-13-28-12-16-10-17(24(34)31-21(16)29-13)23(33)30-20-11-15(6-7-18(20)25)22(32)27-9-8-14-4-2-3-5-19(14)26/h2-7,10-12H,8-9,26H2,1H3,(H,27,32)(H,30,33)(H,28,29,31,34). The second-order valence-electron chi connectivity index (χ2n) is 7.59. The van der Waals surface area contributed by atoms with Gasteiger partial charge in [0.25, 0.3) is 17.4 Å². The highest BCUT2D eigenvalue weighted by atomic mass is 35.5. The number of nitrogens with zero attached hydrogens (tertiary/aromatic N) is 2. The maximum Gasteiger partial charge on any atom is 0.262 e.